The van der Waals surface area contributed by atoms with Crippen LogP contribution in [0.25, 0.3) is 0 Å². The molecule has 3 nitrogen and oxygen atoms in total. The van der Waals surface area contributed by atoms with E-state index in [1.54, 1.807) is 0 Å². The number of hydrogen-bond acceptors (Lipinski definition) is 4. The first-order valence-electron chi connectivity index (χ1n) is 7.97. The Bertz CT molecular complexity index is 504. The number of aliphatic imine (C=N–C) groups is 1. The van der Waals surface area contributed by atoms with Crippen LogP contribution in [-0.2, 0) is 0 Å². The molecule has 4 heteroatoms. The minimum absolute atomic E-state index is 0.579. The number of nitrogens with zero attached hydrogens (tertiary/aromatic N) is 2. The number of nitrogens with one attached hydrogen (secondary N) is 1. The minimum atomic E-state index is 0.579. The Hall–Kier alpha value is -1.26. The van der Waals surface area contributed by atoms with Gasteiger partial charge in [0, 0.05) is 36.9 Å². The van der Waals surface area contributed by atoms with Crippen LogP contribution >= 0.6 is 11.9 Å². The largest absolute Gasteiger partial charge is 0.384 e. The summed E-state index contributed by atoms with van der Waals surface area (Å²) in [5.74, 6) is 0.579. The molecule has 0 atom stereocenters. The first-order chi connectivity index (χ1) is 10.7. The molecule has 0 aromatic heterocycles. The van der Waals surface area contributed by atoms with Crippen molar-refractivity contribution >= 4 is 18.7 Å². The number of rotatable bonds is 6. The molecule has 0 radical (unpaired) electrons. The van der Waals surface area contributed by atoms with Gasteiger partial charge in [0.1, 0.15) is 0 Å². The molecule has 1 fully saturated rings. The maximum absolute atomic E-state index is 4.23. The van der Waals surface area contributed by atoms with E-state index in [4.69, 9.17) is 0 Å². The fourth-order valence-electron chi connectivity index (χ4n) is 3.07. The van der Waals surface area contributed by atoms with Gasteiger partial charge in [-0.2, -0.15) is 0 Å². The number of hydrogen-bond donors (Lipinski definition) is 1. The summed E-state index contributed by atoms with van der Waals surface area (Å²) in [6, 6.07) is 0. The van der Waals surface area contributed by atoms with Crippen molar-refractivity contribution in [3.05, 3.63) is 46.7 Å². The van der Waals surface area contributed by atoms with Crippen molar-refractivity contribution in [3.8, 4) is 0 Å². The van der Waals surface area contributed by atoms with Crippen LogP contribution in [0.15, 0.2) is 51.7 Å². The molecule has 22 heavy (non-hydrogen) atoms. The van der Waals surface area contributed by atoms with Crippen molar-refractivity contribution in [1.29, 1.82) is 0 Å². The Morgan fingerprint density at radius 1 is 1.36 bits per heavy atom. The van der Waals surface area contributed by atoms with E-state index in [1.807, 2.05) is 18.0 Å². The van der Waals surface area contributed by atoms with Gasteiger partial charge in [0.15, 0.2) is 0 Å². The third kappa shape index (κ3) is 4.37. The van der Waals surface area contributed by atoms with E-state index in [1.165, 1.54) is 35.4 Å². The molecule has 2 heterocycles. The second kappa shape index (κ2) is 8.39. The number of piperidine rings is 1. The average Bonchev–Trinajstić information content (AvgIpc) is 2.97. The average molecular weight is 318 g/mol. The van der Waals surface area contributed by atoms with Crippen molar-refractivity contribution in [1.82, 2.24) is 9.62 Å². The molecule has 2 aliphatic heterocycles. The highest BCUT2D eigenvalue weighted by molar-refractivity contribution is 7.99. The van der Waals surface area contributed by atoms with Crippen molar-refractivity contribution in [3.63, 3.8) is 0 Å². The smallest absolute Gasteiger partial charge is 0.0414 e. The zero-order valence-electron chi connectivity index (χ0n) is 13.8. The molecule has 0 aromatic rings. The Balaban J connectivity index is 1.82. The lowest BCUT2D eigenvalue weighted by molar-refractivity contribution is 0.319. The van der Waals surface area contributed by atoms with Crippen molar-refractivity contribution in [2.24, 2.45) is 10.9 Å². The Morgan fingerprint density at radius 2 is 2.09 bits per heavy atom. The second-order valence-electron chi connectivity index (χ2n) is 5.97. The predicted molar refractivity (Wildman–Crippen MR) is 98.8 cm³/mol. The van der Waals surface area contributed by atoms with Crippen LogP contribution in [-0.4, -0.2) is 30.7 Å². The van der Waals surface area contributed by atoms with Gasteiger partial charge in [-0.05, 0) is 56.9 Å². The predicted octanol–water partition coefficient (Wildman–Crippen LogP) is 4.29. The van der Waals surface area contributed by atoms with E-state index in [9.17, 15) is 0 Å². The monoisotopic (exact) mass is 317 g/mol. The highest BCUT2D eigenvalue weighted by atomic mass is 32.2. The molecule has 2 aliphatic rings. The summed E-state index contributed by atoms with van der Waals surface area (Å²) in [5, 5.41) is 5.59. The lowest BCUT2D eigenvalue weighted by atomic mass is 9.92. The Morgan fingerprint density at radius 3 is 2.68 bits per heavy atom. The highest BCUT2D eigenvalue weighted by Crippen LogP contribution is 2.30. The molecule has 0 aliphatic carbocycles. The van der Waals surface area contributed by atoms with Gasteiger partial charge in [-0.25, -0.2) is 4.31 Å². The Kier molecular flexibility index (Phi) is 6.52. The summed E-state index contributed by atoms with van der Waals surface area (Å²) < 4.78 is 2.43. The van der Waals surface area contributed by atoms with Gasteiger partial charge in [-0.3, -0.25) is 4.99 Å². The highest BCUT2D eigenvalue weighted by Gasteiger charge is 2.22. The van der Waals surface area contributed by atoms with Gasteiger partial charge in [-0.1, -0.05) is 30.2 Å². The van der Waals surface area contributed by atoms with E-state index in [0.717, 1.165) is 26.1 Å². The number of allylic oxidation sites excluding steroid dienone is 4. The zero-order valence-corrected chi connectivity index (χ0v) is 14.6. The maximum atomic E-state index is 4.23. The summed E-state index contributed by atoms with van der Waals surface area (Å²) >= 11 is 1.81. The van der Waals surface area contributed by atoms with Crippen LogP contribution in [0.5, 0.6) is 0 Å². The molecule has 1 N–H and O–H groups in total. The van der Waals surface area contributed by atoms with Crippen molar-refractivity contribution in [2.45, 2.75) is 33.1 Å². The van der Waals surface area contributed by atoms with Crippen LogP contribution in [0, 0.1) is 5.92 Å². The van der Waals surface area contributed by atoms with E-state index in [0.29, 0.717) is 5.92 Å². The van der Waals surface area contributed by atoms with Gasteiger partial charge < -0.3 is 5.32 Å². The van der Waals surface area contributed by atoms with E-state index in [-0.39, 0.29) is 0 Å². The molecular weight excluding hydrogens is 290 g/mol. The molecular formula is C18H27N3S. The maximum Gasteiger partial charge on any atom is 0.0414 e. The molecule has 0 spiro atoms. The minimum Gasteiger partial charge on any atom is -0.384 e. The van der Waals surface area contributed by atoms with Gasteiger partial charge in [0.2, 0.25) is 0 Å². The van der Waals surface area contributed by atoms with Gasteiger partial charge in [-0.15, -0.1) is 0 Å². The van der Waals surface area contributed by atoms with Crippen LogP contribution in [0.2, 0.25) is 0 Å². The quantitative estimate of drug-likeness (QED) is 0.585. The first-order valence-corrected chi connectivity index (χ1v) is 8.81. The summed E-state index contributed by atoms with van der Waals surface area (Å²) in [7, 11) is 0. The lowest BCUT2D eigenvalue weighted by Gasteiger charge is -2.30. The normalized spacial score (nSPS) is 20.3. The fourth-order valence-corrected chi connectivity index (χ4v) is 3.86. The van der Waals surface area contributed by atoms with E-state index in [2.05, 4.69) is 53.2 Å². The fraction of sp³-hybridized carbons (Fsp3) is 0.500. The SMILES string of the molecule is C=CC1=C(/C=C\SN2CCC(C(N=C)=C(C)C)CC2)NCC1. The van der Waals surface area contributed by atoms with Crippen LogP contribution in [0.4, 0.5) is 0 Å². The van der Waals surface area contributed by atoms with Crippen LogP contribution in [0.1, 0.15) is 33.1 Å². The molecule has 0 aromatic carbocycles. The van der Waals surface area contributed by atoms with Crippen molar-refractivity contribution < 1.29 is 0 Å². The molecule has 0 amide bonds. The molecule has 0 bridgehead atoms. The summed E-state index contributed by atoms with van der Waals surface area (Å²) in [4.78, 5) is 4.23. The first kappa shape index (κ1) is 17.1. The van der Waals surface area contributed by atoms with E-state index >= 15 is 0 Å². The Labute approximate surface area is 139 Å². The van der Waals surface area contributed by atoms with Crippen LogP contribution in [0.3, 0.4) is 0 Å². The second-order valence-corrected chi connectivity index (χ2v) is 6.97. The van der Waals surface area contributed by atoms with Crippen LogP contribution < -0.4 is 5.32 Å². The van der Waals surface area contributed by atoms with Gasteiger partial charge in [0.25, 0.3) is 0 Å². The molecule has 2 rings (SSSR count). The topological polar surface area (TPSA) is 27.6 Å². The third-order valence-corrected chi connectivity index (χ3v) is 5.19. The molecule has 1 saturated heterocycles. The van der Waals surface area contributed by atoms with E-state index < -0.39 is 0 Å². The van der Waals surface area contributed by atoms with Gasteiger partial charge >= 0.3 is 0 Å². The van der Waals surface area contributed by atoms with Crippen molar-refractivity contribution in [2.75, 3.05) is 19.6 Å². The van der Waals surface area contributed by atoms with Gasteiger partial charge in [0.05, 0.1) is 0 Å². The molecule has 0 saturated carbocycles. The summed E-state index contributed by atoms with van der Waals surface area (Å²) in [5.41, 5.74) is 5.05. The molecule has 0 unspecified atom stereocenters. The zero-order chi connectivity index (χ0) is 15.9. The molecule has 120 valence electrons. The third-order valence-electron chi connectivity index (χ3n) is 4.27. The summed E-state index contributed by atoms with van der Waals surface area (Å²) in [6.45, 7) is 15.1. The lowest BCUT2D eigenvalue weighted by Crippen LogP contribution is -2.28. The summed E-state index contributed by atoms with van der Waals surface area (Å²) in [6.07, 6.45) is 7.55. The standard InChI is InChI=1S/C18H27N3S/c1-5-15-6-10-20-17(15)9-13-22-21-11-7-16(8-12-21)18(19-4)14(2)3/h5,9,13,16,20H,1,4,6-8,10-12H2,2-3H3/b13-9-.